The normalized spacial score (nSPS) is 12.6. The molecule has 0 aliphatic carbocycles. The first-order chi connectivity index (χ1) is 9.77. The van der Waals surface area contributed by atoms with Crippen molar-refractivity contribution in [3.63, 3.8) is 0 Å². The molecule has 1 N–H and O–H groups in total. The van der Waals surface area contributed by atoms with Gasteiger partial charge in [-0.3, -0.25) is 0 Å². The van der Waals surface area contributed by atoms with Gasteiger partial charge in [0.15, 0.2) is 0 Å². The molecular weight excluding hydrogens is 242 g/mol. The molecule has 1 aromatic rings. The molecule has 0 saturated carbocycles. The molecule has 20 heavy (non-hydrogen) atoms. The number of hydrogen-bond acceptors (Lipinski definition) is 1. The Morgan fingerprint density at radius 1 is 0.850 bits per heavy atom. The van der Waals surface area contributed by atoms with Crippen molar-refractivity contribution in [2.24, 2.45) is 0 Å². The molecule has 1 aromatic carbocycles. The summed E-state index contributed by atoms with van der Waals surface area (Å²) in [6, 6.07) is 9.60. The number of benzene rings is 1. The highest BCUT2D eigenvalue weighted by molar-refractivity contribution is 5.24. The molecule has 0 aliphatic rings. The molecule has 1 atom stereocenters. The largest absolute Gasteiger partial charge is 0.310 e. The van der Waals surface area contributed by atoms with Crippen LogP contribution in [0.4, 0.5) is 0 Å². The fourth-order valence-electron chi connectivity index (χ4n) is 2.60. The lowest BCUT2D eigenvalue weighted by atomic mass is 10.0. The van der Waals surface area contributed by atoms with E-state index < -0.39 is 0 Å². The Kier molecular flexibility index (Phi) is 9.40. The van der Waals surface area contributed by atoms with Gasteiger partial charge >= 0.3 is 0 Å². The van der Waals surface area contributed by atoms with Gasteiger partial charge in [-0.2, -0.15) is 0 Å². The highest BCUT2D eigenvalue weighted by atomic mass is 14.9. The third-order valence-electron chi connectivity index (χ3n) is 4.00. The molecule has 1 rings (SSSR count). The summed E-state index contributed by atoms with van der Waals surface area (Å²) in [6.07, 6.45) is 10.6. The van der Waals surface area contributed by atoms with Gasteiger partial charge in [-0.1, -0.05) is 76.6 Å². The molecule has 1 nitrogen and oxygen atoms in total. The minimum atomic E-state index is 0.473. The van der Waals surface area contributed by atoms with Crippen molar-refractivity contribution in [2.45, 2.75) is 78.2 Å². The highest BCUT2D eigenvalue weighted by Crippen LogP contribution is 2.14. The number of aryl methyl sites for hydroxylation is 1. The van der Waals surface area contributed by atoms with Crippen LogP contribution in [0.5, 0.6) is 0 Å². The molecule has 1 unspecified atom stereocenters. The van der Waals surface area contributed by atoms with Gasteiger partial charge < -0.3 is 5.32 Å². The average molecular weight is 275 g/mol. The van der Waals surface area contributed by atoms with Crippen LogP contribution in [0, 0.1) is 0 Å². The van der Waals surface area contributed by atoms with Crippen LogP contribution in [0.25, 0.3) is 0 Å². The van der Waals surface area contributed by atoms with Crippen LogP contribution in [-0.4, -0.2) is 6.54 Å². The molecule has 0 fully saturated rings. The summed E-state index contributed by atoms with van der Waals surface area (Å²) in [5.74, 6) is 0. The second kappa shape index (κ2) is 10.9. The molecule has 0 aromatic heterocycles. The summed E-state index contributed by atoms with van der Waals surface area (Å²) in [5, 5.41) is 3.64. The third kappa shape index (κ3) is 7.09. The van der Waals surface area contributed by atoms with E-state index >= 15 is 0 Å². The van der Waals surface area contributed by atoms with Gasteiger partial charge in [0.1, 0.15) is 0 Å². The first-order valence-corrected chi connectivity index (χ1v) is 8.60. The molecule has 114 valence electrons. The zero-order valence-corrected chi connectivity index (χ0v) is 13.8. The zero-order valence-electron chi connectivity index (χ0n) is 13.8. The Balaban J connectivity index is 2.17. The Morgan fingerprint density at radius 2 is 1.50 bits per heavy atom. The third-order valence-corrected chi connectivity index (χ3v) is 4.00. The van der Waals surface area contributed by atoms with Gasteiger partial charge in [0, 0.05) is 6.04 Å². The minimum Gasteiger partial charge on any atom is -0.310 e. The molecule has 0 heterocycles. The van der Waals surface area contributed by atoms with E-state index in [1.807, 2.05) is 0 Å². The van der Waals surface area contributed by atoms with E-state index in [0.717, 1.165) is 6.54 Å². The summed E-state index contributed by atoms with van der Waals surface area (Å²) in [5.41, 5.74) is 2.87. The van der Waals surface area contributed by atoms with E-state index in [2.05, 4.69) is 50.4 Å². The van der Waals surface area contributed by atoms with Crippen molar-refractivity contribution in [3.8, 4) is 0 Å². The fourth-order valence-corrected chi connectivity index (χ4v) is 2.60. The first kappa shape index (κ1) is 17.2. The average Bonchev–Trinajstić information content (AvgIpc) is 2.47. The molecular formula is C19H33N. The van der Waals surface area contributed by atoms with Crippen LogP contribution in [-0.2, 0) is 6.42 Å². The van der Waals surface area contributed by atoms with Crippen LogP contribution < -0.4 is 5.32 Å². The Bertz CT molecular complexity index is 328. The predicted molar refractivity (Wildman–Crippen MR) is 90.2 cm³/mol. The van der Waals surface area contributed by atoms with Crippen molar-refractivity contribution < 1.29 is 0 Å². The maximum Gasteiger partial charge on any atom is 0.0291 e. The Hall–Kier alpha value is -0.820. The fraction of sp³-hybridized carbons (Fsp3) is 0.684. The molecule has 1 heteroatoms. The molecule has 0 amide bonds. The van der Waals surface area contributed by atoms with Crippen LogP contribution >= 0.6 is 0 Å². The van der Waals surface area contributed by atoms with Crippen LogP contribution in [0.3, 0.4) is 0 Å². The Morgan fingerprint density at radius 3 is 2.15 bits per heavy atom. The van der Waals surface area contributed by atoms with Crippen LogP contribution in [0.15, 0.2) is 24.3 Å². The second-order valence-electron chi connectivity index (χ2n) is 5.94. The lowest BCUT2D eigenvalue weighted by Crippen LogP contribution is -2.19. The standard InChI is InChI=1S/C19H33N/c1-4-6-7-8-9-10-16-20-17(3)19-14-12-18(11-5-2)13-15-19/h12-15,17,20H,4-11,16H2,1-3H3. The maximum absolute atomic E-state index is 3.64. The van der Waals surface area contributed by atoms with E-state index in [1.165, 1.54) is 62.5 Å². The minimum absolute atomic E-state index is 0.473. The van der Waals surface area contributed by atoms with Crippen molar-refractivity contribution in [2.75, 3.05) is 6.54 Å². The molecule has 0 saturated heterocycles. The van der Waals surface area contributed by atoms with Crippen molar-refractivity contribution in [1.29, 1.82) is 0 Å². The molecule has 0 bridgehead atoms. The number of rotatable bonds is 11. The zero-order chi connectivity index (χ0) is 14.6. The van der Waals surface area contributed by atoms with Gasteiger partial charge in [0.25, 0.3) is 0 Å². The quantitative estimate of drug-likeness (QED) is 0.514. The van der Waals surface area contributed by atoms with Crippen LogP contribution in [0.1, 0.15) is 82.9 Å². The smallest absolute Gasteiger partial charge is 0.0291 e. The van der Waals surface area contributed by atoms with Crippen molar-refractivity contribution in [3.05, 3.63) is 35.4 Å². The molecule has 0 aliphatic heterocycles. The van der Waals surface area contributed by atoms with Gasteiger partial charge in [0.05, 0.1) is 0 Å². The van der Waals surface area contributed by atoms with E-state index in [9.17, 15) is 0 Å². The summed E-state index contributed by atoms with van der Waals surface area (Å²) in [7, 11) is 0. The predicted octanol–water partition coefficient (Wildman–Crippen LogP) is 5.65. The van der Waals surface area contributed by atoms with E-state index in [4.69, 9.17) is 0 Å². The molecule has 0 spiro atoms. The lowest BCUT2D eigenvalue weighted by Gasteiger charge is -2.14. The summed E-state index contributed by atoms with van der Waals surface area (Å²) < 4.78 is 0. The van der Waals surface area contributed by atoms with Crippen molar-refractivity contribution in [1.82, 2.24) is 5.32 Å². The summed E-state index contributed by atoms with van der Waals surface area (Å²) in [6.45, 7) is 7.92. The number of hydrogen-bond donors (Lipinski definition) is 1. The topological polar surface area (TPSA) is 12.0 Å². The van der Waals surface area contributed by atoms with E-state index in [1.54, 1.807) is 0 Å². The van der Waals surface area contributed by atoms with Crippen molar-refractivity contribution >= 4 is 0 Å². The Labute approximate surface area is 126 Å². The second-order valence-corrected chi connectivity index (χ2v) is 5.94. The first-order valence-electron chi connectivity index (χ1n) is 8.60. The monoisotopic (exact) mass is 275 g/mol. The van der Waals surface area contributed by atoms with Gasteiger partial charge in [0.2, 0.25) is 0 Å². The van der Waals surface area contributed by atoms with Gasteiger partial charge in [-0.25, -0.2) is 0 Å². The summed E-state index contributed by atoms with van der Waals surface area (Å²) in [4.78, 5) is 0. The number of unbranched alkanes of at least 4 members (excludes halogenated alkanes) is 5. The summed E-state index contributed by atoms with van der Waals surface area (Å²) >= 11 is 0. The van der Waals surface area contributed by atoms with E-state index in [0.29, 0.717) is 6.04 Å². The molecule has 0 radical (unpaired) electrons. The highest BCUT2D eigenvalue weighted by Gasteiger charge is 2.03. The SMILES string of the molecule is CCCCCCCCNC(C)c1ccc(CCC)cc1. The number of nitrogens with one attached hydrogen (secondary N) is 1. The maximum atomic E-state index is 3.64. The lowest BCUT2D eigenvalue weighted by molar-refractivity contribution is 0.527. The van der Waals surface area contributed by atoms with Crippen LogP contribution in [0.2, 0.25) is 0 Å². The van der Waals surface area contributed by atoms with Gasteiger partial charge in [-0.05, 0) is 37.4 Å². The van der Waals surface area contributed by atoms with E-state index in [-0.39, 0.29) is 0 Å². The van der Waals surface area contributed by atoms with Gasteiger partial charge in [-0.15, -0.1) is 0 Å².